The number of aromatic amines is 1. The lowest BCUT2D eigenvalue weighted by molar-refractivity contribution is 0.0761. The summed E-state index contributed by atoms with van der Waals surface area (Å²) in [6.45, 7) is 5.05. The monoisotopic (exact) mass is 249 g/mol. The molecule has 0 spiro atoms. The van der Waals surface area contributed by atoms with Gasteiger partial charge in [0.05, 0.1) is 0 Å². The second kappa shape index (κ2) is 5.35. The quantitative estimate of drug-likeness (QED) is 0.786. The van der Waals surface area contributed by atoms with Crippen molar-refractivity contribution in [2.24, 2.45) is 0 Å². The van der Waals surface area contributed by atoms with E-state index in [1.54, 1.807) is 11.8 Å². The molecule has 5 nitrogen and oxygen atoms in total. The summed E-state index contributed by atoms with van der Waals surface area (Å²) in [5, 5.41) is 0. The zero-order valence-corrected chi connectivity index (χ0v) is 10.9. The Hall–Kier alpha value is -1.62. The Kier molecular flexibility index (Phi) is 3.81. The summed E-state index contributed by atoms with van der Waals surface area (Å²) in [7, 11) is 2.05. The van der Waals surface area contributed by atoms with E-state index in [-0.39, 0.29) is 16.9 Å². The van der Waals surface area contributed by atoms with Gasteiger partial charge in [0.1, 0.15) is 5.56 Å². The molecule has 0 aromatic carbocycles. The number of pyridine rings is 1. The average molecular weight is 249 g/mol. The van der Waals surface area contributed by atoms with Crippen LogP contribution >= 0.6 is 0 Å². The molecule has 1 N–H and O–H groups in total. The van der Waals surface area contributed by atoms with Gasteiger partial charge in [0.15, 0.2) is 5.43 Å². The van der Waals surface area contributed by atoms with Crippen LogP contribution in [-0.4, -0.2) is 53.9 Å². The highest BCUT2D eigenvalue weighted by atomic mass is 16.2. The maximum atomic E-state index is 12.3. The lowest BCUT2D eigenvalue weighted by atomic mass is 10.2. The molecule has 2 rings (SSSR count). The molecule has 0 saturated carbocycles. The molecule has 0 bridgehead atoms. The van der Waals surface area contributed by atoms with Gasteiger partial charge in [-0.2, -0.15) is 0 Å². The van der Waals surface area contributed by atoms with E-state index in [2.05, 4.69) is 9.88 Å². The summed E-state index contributed by atoms with van der Waals surface area (Å²) in [6.07, 6.45) is 2.47. The highest BCUT2D eigenvalue weighted by Gasteiger charge is 2.20. The van der Waals surface area contributed by atoms with E-state index < -0.39 is 0 Å². The Morgan fingerprint density at radius 2 is 2.06 bits per heavy atom. The molecule has 5 heteroatoms. The van der Waals surface area contributed by atoms with Gasteiger partial charge in [-0.25, -0.2) is 0 Å². The minimum Gasteiger partial charge on any atom is -0.364 e. The van der Waals surface area contributed by atoms with E-state index in [9.17, 15) is 9.59 Å². The number of nitrogens with one attached hydrogen (secondary N) is 1. The van der Waals surface area contributed by atoms with Crippen LogP contribution in [0.2, 0.25) is 0 Å². The fraction of sp³-hybridized carbons (Fsp3) is 0.538. The summed E-state index contributed by atoms with van der Waals surface area (Å²) in [5.41, 5.74) is 0.811. The van der Waals surface area contributed by atoms with Crippen LogP contribution in [0.25, 0.3) is 0 Å². The number of nitrogens with zero attached hydrogens (tertiary/aromatic N) is 2. The summed E-state index contributed by atoms with van der Waals surface area (Å²) < 4.78 is 0. The number of aryl methyl sites for hydroxylation is 1. The molecule has 2 heterocycles. The molecule has 0 radical (unpaired) electrons. The summed E-state index contributed by atoms with van der Waals surface area (Å²) in [5.74, 6) is -0.161. The minimum absolute atomic E-state index is 0.161. The second-order valence-corrected chi connectivity index (χ2v) is 4.84. The third-order valence-electron chi connectivity index (χ3n) is 3.29. The first-order valence-corrected chi connectivity index (χ1v) is 6.25. The molecule has 1 aromatic heterocycles. The van der Waals surface area contributed by atoms with E-state index in [4.69, 9.17) is 0 Å². The van der Waals surface area contributed by atoms with Crippen LogP contribution in [0.15, 0.2) is 17.1 Å². The molecular weight excluding hydrogens is 230 g/mol. The van der Waals surface area contributed by atoms with Crippen molar-refractivity contribution in [3.8, 4) is 0 Å². The number of rotatable bonds is 1. The van der Waals surface area contributed by atoms with Crippen molar-refractivity contribution < 1.29 is 4.79 Å². The average Bonchev–Trinajstić information content (AvgIpc) is 2.53. The third-order valence-corrected chi connectivity index (χ3v) is 3.29. The van der Waals surface area contributed by atoms with Crippen LogP contribution in [0, 0.1) is 6.92 Å². The van der Waals surface area contributed by atoms with Crippen molar-refractivity contribution in [2.75, 3.05) is 33.2 Å². The van der Waals surface area contributed by atoms with Crippen LogP contribution < -0.4 is 5.43 Å². The largest absolute Gasteiger partial charge is 0.364 e. The maximum absolute atomic E-state index is 12.3. The van der Waals surface area contributed by atoms with Crippen molar-refractivity contribution in [1.29, 1.82) is 0 Å². The van der Waals surface area contributed by atoms with Crippen molar-refractivity contribution in [3.63, 3.8) is 0 Å². The standard InChI is InChI=1S/C13H19N3O2/c1-10-8-12(17)11(9-14-10)13(18)16-5-3-4-15(2)6-7-16/h8-9H,3-7H2,1-2H3,(H,14,17). The molecule has 0 atom stereocenters. The number of amides is 1. The molecule has 1 aliphatic rings. The predicted octanol–water partition coefficient (Wildman–Crippen LogP) is 0.461. The van der Waals surface area contributed by atoms with Gasteiger partial charge in [-0.05, 0) is 26.9 Å². The number of carbonyl (C=O) groups excluding carboxylic acids is 1. The highest BCUT2D eigenvalue weighted by molar-refractivity contribution is 5.93. The summed E-state index contributed by atoms with van der Waals surface area (Å²) in [4.78, 5) is 31.0. The van der Waals surface area contributed by atoms with E-state index in [1.165, 1.54) is 12.3 Å². The Morgan fingerprint density at radius 1 is 1.28 bits per heavy atom. The van der Waals surface area contributed by atoms with Gasteiger partial charge in [-0.15, -0.1) is 0 Å². The number of hydrogen-bond acceptors (Lipinski definition) is 3. The summed E-state index contributed by atoms with van der Waals surface area (Å²) >= 11 is 0. The fourth-order valence-corrected chi connectivity index (χ4v) is 2.16. The number of carbonyl (C=O) groups is 1. The molecule has 18 heavy (non-hydrogen) atoms. The van der Waals surface area contributed by atoms with Crippen LogP contribution in [0.5, 0.6) is 0 Å². The van der Waals surface area contributed by atoms with Crippen LogP contribution in [0.3, 0.4) is 0 Å². The molecule has 1 fully saturated rings. The highest BCUT2D eigenvalue weighted by Crippen LogP contribution is 2.05. The Balaban J connectivity index is 2.17. The van der Waals surface area contributed by atoms with Crippen molar-refractivity contribution in [3.05, 3.63) is 33.7 Å². The molecule has 0 unspecified atom stereocenters. The lowest BCUT2D eigenvalue weighted by Crippen LogP contribution is -2.37. The Bertz CT molecular complexity index is 495. The first-order valence-electron chi connectivity index (χ1n) is 6.25. The van der Waals surface area contributed by atoms with Crippen molar-refractivity contribution in [1.82, 2.24) is 14.8 Å². The van der Waals surface area contributed by atoms with Gasteiger partial charge < -0.3 is 14.8 Å². The third kappa shape index (κ3) is 2.79. The SMILES string of the molecule is Cc1cc(=O)c(C(=O)N2CCCN(C)CC2)c[nH]1. The minimum atomic E-state index is -0.200. The topological polar surface area (TPSA) is 56.4 Å². The molecule has 1 amide bonds. The first-order chi connectivity index (χ1) is 8.58. The number of aromatic nitrogens is 1. The smallest absolute Gasteiger partial charge is 0.259 e. The molecule has 1 saturated heterocycles. The van der Waals surface area contributed by atoms with Crippen molar-refractivity contribution in [2.45, 2.75) is 13.3 Å². The number of hydrogen-bond donors (Lipinski definition) is 1. The van der Waals surface area contributed by atoms with Crippen LogP contribution in [-0.2, 0) is 0 Å². The Labute approximate surface area is 106 Å². The zero-order chi connectivity index (χ0) is 13.1. The molecule has 98 valence electrons. The zero-order valence-electron chi connectivity index (χ0n) is 10.9. The van der Waals surface area contributed by atoms with Crippen molar-refractivity contribution >= 4 is 5.91 Å². The molecule has 1 aromatic rings. The number of likely N-dealkylation sites (N-methyl/N-ethyl adjacent to an activating group) is 1. The van der Waals surface area contributed by atoms with Gasteiger partial charge in [0.25, 0.3) is 5.91 Å². The van der Waals surface area contributed by atoms with E-state index in [0.29, 0.717) is 6.54 Å². The molecule has 1 aliphatic heterocycles. The lowest BCUT2D eigenvalue weighted by Gasteiger charge is -2.20. The van der Waals surface area contributed by atoms with E-state index >= 15 is 0 Å². The second-order valence-electron chi connectivity index (χ2n) is 4.84. The fourth-order valence-electron chi connectivity index (χ4n) is 2.16. The number of H-pyrrole nitrogens is 1. The predicted molar refractivity (Wildman–Crippen MR) is 69.8 cm³/mol. The molecular formula is C13H19N3O2. The van der Waals surface area contributed by atoms with Crippen LogP contribution in [0.4, 0.5) is 0 Å². The Morgan fingerprint density at radius 3 is 2.78 bits per heavy atom. The first kappa shape index (κ1) is 12.8. The maximum Gasteiger partial charge on any atom is 0.259 e. The van der Waals surface area contributed by atoms with E-state index in [1.807, 2.05) is 7.05 Å². The van der Waals surface area contributed by atoms with Gasteiger partial charge in [0, 0.05) is 37.6 Å². The van der Waals surface area contributed by atoms with Gasteiger partial charge in [-0.1, -0.05) is 0 Å². The van der Waals surface area contributed by atoms with Gasteiger partial charge in [-0.3, -0.25) is 9.59 Å². The normalized spacial score (nSPS) is 17.6. The van der Waals surface area contributed by atoms with Gasteiger partial charge in [0.2, 0.25) is 0 Å². The van der Waals surface area contributed by atoms with Gasteiger partial charge >= 0.3 is 0 Å². The van der Waals surface area contributed by atoms with Crippen LogP contribution in [0.1, 0.15) is 22.5 Å². The molecule has 0 aliphatic carbocycles. The summed E-state index contributed by atoms with van der Waals surface area (Å²) in [6, 6.07) is 1.47. The van der Waals surface area contributed by atoms with E-state index in [0.717, 1.165) is 31.7 Å².